The van der Waals surface area contributed by atoms with E-state index >= 15 is 0 Å². The Bertz CT molecular complexity index is 249. The standard InChI is InChI=1S/C17H33N/c1-16(2,3)15-9-7-14(8-10-15)13-18-17(4)11-5-6-12-17/h14-15,18H,5-13H2,1-4H3. The van der Waals surface area contributed by atoms with Crippen LogP contribution < -0.4 is 5.32 Å². The fraction of sp³-hybridized carbons (Fsp3) is 1.00. The second-order valence-corrected chi connectivity index (χ2v) is 8.23. The summed E-state index contributed by atoms with van der Waals surface area (Å²) in [6.07, 6.45) is 11.4. The van der Waals surface area contributed by atoms with Gasteiger partial charge in [0.25, 0.3) is 0 Å². The Morgan fingerprint density at radius 1 is 1.00 bits per heavy atom. The highest BCUT2D eigenvalue weighted by molar-refractivity contribution is 4.89. The highest BCUT2D eigenvalue weighted by Crippen LogP contribution is 2.40. The Morgan fingerprint density at radius 2 is 1.56 bits per heavy atom. The van der Waals surface area contributed by atoms with E-state index in [-0.39, 0.29) is 0 Å². The second kappa shape index (κ2) is 5.53. The first-order valence-electron chi connectivity index (χ1n) is 8.14. The van der Waals surface area contributed by atoms with Gasteiger partial charge < -0.3 is 5.32 Å². The highest BCUT2D eigenvalue weighted by Gasteiger charge is 2.32. The van der Waals surface area contributed by atoms with E-state index in [2.05, 4.69) is 33.0 Å². The molecule has 2 aliphatic rings. The van der Waals surface area contributed by atoms with Crippen molar-refractivity contribution in [3.05, 3.63) is 0 Å². The maximum atomic E-state index is 3.88. The molecule has 1 N–H and O–H groups in total. The van der Waals surface area contributed by atoms with Gasteiger partial charge in [0, 0.05) is 5.54 Å². The van der Waals surface area contributed by atoms with Crippen molar-refractivity contribution >= 4 is 0 Å². The largest absolute Gasteiger partial charge is 0.311 e. The Balaban J connectivity index is 1.71. The second-order valence-electron chi connectivity index (χ2n) is 8.23. The lowest BCUT2D eigenvalue weighted by atomic mass is 9.70. The number of hydrogen-bond acceptors (Lipinski definition) is 1. The number of nitrogens with one attached hydrogen (secondary N) is 1. The first kappa shape index (κ1) is 14.4. The van der Waals surface area contributed by atoms with Gasteiger partial charge in [-0.3, -0.25) is 0 Å². The lowest BCUT2D eigenvalue weighted by molar-refractivity contribution is 0.144. The van der Waals surface area contributed by atoms with E-state index in [0.29, 0.717) is 11.0 Å². The van der Waals surface area contributed by atoms with Crippen molar-refractivity contribution in [1.82, 2.24) is 5.32 Å². The lowest BCUT2D eigenvalue weighted by Crippen LogP contribution is -2.43. The third-order valence-electron chi connectivity index (χ3n) is 5.60. The zero-order chi connectivity index (χ0) is 13.2. The smallest absolute Gasteiger partial charge is 0.0153 e. The molecule has 0 aromatic carbocycles. The average molecular weight is 251 g/mol. The van der Waals surface area contributed by atoms with Crippen LogP contribution in [-0.2, 0) is 0 Å². The van der Waals surface area contributed by atoms with E-state index in [0.717, 1.165) is 11.8 Å². The van der Waals surface area contributed by atoms with Gasteiger partial charge in [0.2, 0.25) is 0 Å². The Morgan fingerprint density at radius 3 is 2.06 bits per heavy atom. The van der Waals surface area contributed by atoms with Crippen LogP contribution in [-0.4, -0.2) is 12.1 Å². The summed E-state index contributed by atoms with van der Waals surface area (Å²) >= 11 is 0. The van der Waals surface area contributed by atoms with E-state index in [1.165, 1.54) is 57.9 Å². The molecule has 0 spiro atoms. The Kier molecular flexibility index (Phi) is 4.41. The van der Waals surface area contributed by atoms with Crippen LogP contribution in [0.4, 0.5) is 0 Å². The van der Waals surface area contributed by atoms with Crippen LogP contribution in [0.15, 0.2) is 0 Å². The monoisotopic (exact) mass is 251 g/mol. The van der Waals surface area contributed by atoms with Crippen molar-refractivity contribution in [2.75, 3.05) is 6.54 Å². The summed E-state index contributed by atoms with van der Waals surface area (Å²) in [6, 6.07) is 0. The number of hydrogen-bond donors (Lipinski definition) is 1. The minimum Gasteiger partial charge on any atom is -0.311 e. The predicted molar refractivity (Wildman–Crippen MR) is 79.8 cm³/mol. The summed E-state index contributed by atoms with van der Waals surface area (Å²) in [5.41, 5.74) is 0.997. The average Bonchev–Trinajstić information content (AvgIpc) is 2.74. The van der Waals surface area contributed by atoms with Gasteiger partial charge in [-0.05, 0) is 69.2 Å². The topological polar surface area (TPSA) is 12.0 Å². The van der Waals surface area contributed by atoms with Crippen LogP contribution in [0.1, 0.15) is 79.1 Å². The van der Waals surface area contributed by atoms with Crippen molar-refractivity contribution in [2.45, 2.75) is 84.6 Å². The third-order valence-corrected chi connectivity index (χ3v) is 5.60. The maximum absolute atomic E-state index is 3.88. The molecule has 0 aromatic heterocycles. The summed E-state index contributed by atoms with van der Waals surface area (Å²) < 4.78 is 0. The van der Waals surface area contributed by atoms with E-state index in [1.807, 2.05) is 0 Å². The molecule has 106 valence electrons. The Labute approximate surface area is 114 Å². The van der Waals surface area contributed by atoms with Crippen LogP contribution in [0.5, 0.6) is 0 Å². The van der Waals surface area contributed by atoms with Gasteiger partial charge in [0.1, 0.15) is 0 Å². The molecule has 0 unspecified atom stereocenters. The van der Waals surface area contributed by atoms with Gasteiger partial charge in [-0.25, -0.2) is 0 Å². The molecule has 2 fully saturated rings. The molecule has 1 heteroatoms. The van der Waals surface area contributed by atoms with Crippen molar-refractivity contribution in [3.8, 4) is 0 Å². The Hall–Kier alpha value is -0.0400. The molecule has 1 nitrogen and oxygen atoms in total. The molecule has 0 atom stereocenters. The van der Waals surface area contributed by atoms with Gasteiger partial charge >= 0.3 is 0 Å². The quantitative estimate of drug-likeness (QED) is 0.762. The molecule has 2 aliphatic carbocycles. The molecule has 0 saturated heterocycles. The molecule has 2 saturated carbocycles. The minimum atomic E-state index is 0.473. The molecule has 0 heterocycles. The molecular weight excluding hydrogens is 218 g/mol. The van der Waals surface area contributed by atoms with E-state index < -0.39 is 0 Å². The first-order valence-corrected chi connectivity index (χ1v) is 8.14. The van der Waals surface area contributed by atoms with Crippen LogP contribution in [0.25, 0.3) is 0 Å². The van der Waals surface area contributed by atoms with Crippen molar-refractivity contribution in [3.63, 3.8) is 0 Å². The molecule has 0 aromatic rings. The molecule has 0 aliphatic heterocycles. The van der Waals surface area contributed by atoms with Crippen LogP contribution in [0.3, 0.4) is 0 Å². The van der Waals surface area contributed by atoms with E-state index in [1.54, 1.807) is 0 Å². The van der Waals surface area contributed by atoms with Crippen LogP contribution >= 0.6 is 0 Å². The van der Waals surface area contributed by atoms with Gasteiger partial charge in [-0.1, -0.05) is 33.6 Å². The third kappa shape index (κ3) is 3.73. The number of rotatable bonds is 3. The summed E-state index contributed by atoms with van der Waals surface area (Å²) in [4.78, 5) is 0. The molecule has 0 bridgehead atoms. The van der Waals surface area contributed by atoms with Crippen molar-refractivity contribution in [1.29, 1.82) is 0 Å². The van der Waals surface area contributed by atoms with E-state index in [9.17, 15) is 0 Å². The SMILES string of the molecule is CC1(NCC2CCC(C(C)(C)C)CC2)CCCC1. The molecule has 0 radical (unpaired) electrons. The minimum absolute atomic E-state index is 0.473. The molecule has 0 amide bonds. The van der Waals surface area contributed by atoms with E-state index in [4.69, 9.17) is 0 Å². The van der Waals surface area contributed by atoms with Gasteiger partial charge in [0.05, 0.1) is 0 Å². The first-order chi connectivity index (χ1) is 8.39. The molecule has 18 heavy (non-hydrogen) atoms. The summed E-state index contributed by atoms with van der Waals surface area (Å²) in [7, 11) is 0. The van der Waals surface area contributed by atoms with Crippen LogP contribution in [0, 0.1) is 17.3 Å². The zero-order valence-corrected chi connectivity index (χ0v) is 13.0. The molecule has 2 rings (SSSR count). The zero-order valence-electron chi connectivity index (χ0n) is 13.0. The fourth-order valence-electron chi connectivity index (χ4n) is 3.96. The lowest BCUT2D eigenvalue weighted by Gasteiger charge is -2.38. The molecular formula is C17H33N. The van der Waals surface area contributed by atoms with Gasteiger partial charge in [0.15, 0.2) is 0 Å². The van der Waals surface area contributed by atoms with Gasteiger partial charge in [-0.15, -0.1) is 0 Å². The normalized spacial score (nSPS) is 32.7. The fourth-order valence-corrected chi connectivity index (χ4v) is 3.96. The summed E-state index contributed by atoms with van der Waals surface area (Å²) in [5, 5.41) is 3.88. The van der Waals surface area contributed by atoms with Gasteiger partial charge in [-0.2, -0.15) is 0 Å². The maximum Gasteiger partial charge on any atom is 0.0153 e. The van der Waals surface area contributed by atoms with Crippen molar-refractivity contribution in [2.24, 2.45) is 17.3 Å². The van der Waals surface area contributed by atoms with Crippen LogP contribution in [0.2, 0.25) is 0 Å². The highest BCUT2D eigenvalue weighted by atomic mass is 15.0. The van der Waals surface area contributed by atoms with Crippen molar-refractivity contribution < 1.29 is 0 Å². The summed E-state index contributed by atoms with van der Waals surface area (Å²) in [6.45, 7) is 10.9. The predicted octanol–water partition coefficient (Wildman–Crippen LogP) is 4.76. The summed E-state index contributed by atoms with van der Waals surface area (Å²) in [5.74, 6) is 1.90.